The molecule has 0 unspecified atom stereocenters. The molecule has 0 aromatic carbocycles. The highest BCUT2D eigenvalue weighted by Crippen LogP contribution is 2.16. The van der Waals surface area contributed by atoms with E-state index in [4.69, 9.17) is 5.21 Å². The number of rotatable bonds is 2. The molecule has 0 amide bonds. The van der Waals surface area contributed by atoms with Crippen molar-refractivity contribution in [3.05, 3.63) is 23.0 Å². The molecule has 0 bridgehead atoms. The maximum Gasteiger partial charge on any atom is 0.194 e. The highest BCUT2D eigenvalue weighted by molar-refractivity contribution is 7.15. The maximum absolute atomic E-state index is 8.57. The van der Waals surface area contributed by atoms with Crippen molar-refractivity contribution in [2.45, 2.75) is 13.5 Å². The van der Waals surface area contributed by atoms with E-state index in [9.17, 15) is 0 Å². The fourth-order valence-electron chi connectivity index (χ4n) is 1.23. The second kappa shape index (κ2) is 2.85. The second-order valence-electron chi connectivity index (χ2n) is 2.53. The Morgan fingerprint density at radius 1 is 1.75 bits per heavy atom. The molecule has 0 aliphatic carbocycles. The van der Waals surface area contributed by atoms with Crippen LogP contribution < -0.4 is 5.48 Å². The summed E-state index contributed by atoms with van der Waals surface area (Å²) in [5.41, 5.74) is 4.11. The average molecular weight is 183 g/mol. The third-order valence-corrected chi connectivity index (χ3v) is 2.56. The van der Waals surface area contributed by atoms with Gasteiger partial charge < -0.3 is 5.21 Å². The largest absolute Gasteiger partial charge is 0.316 e. The van der Waals surface area contributed by atoms with E-state index in [1.54, 1.807) is 11.3 Å². The molecule has 2 rings (SSSR count). The van der Waals surface area contributed by atoms with Gasteiger partial charge in [-0.15, -0.1) is 11.3 Å². The number of nitrogens with zero attached hydrogens (tertiary/aromatic N) is 2. The standard InChI is InChI=1S/C7H9N3OS/c1-5-6(4-8-11)10-2-3-12-7(10)9-5/h2-3,8,11H,4H2,1H3. The predicted octanol–water partition coefficient (Wildman–Crippen LogP) is 1.18. The molecule has 12 heavy (non-hydrogen) atoms. The number of hydrogen-bond donors (Lipinski definition) is 2. The fraction of sp³-hybridized carbons (Fsp3) is 0.286. The summed E-state index contributed by atoms with van der Waals surface area (Å²) < 4.78 is 1.98. The van der Waals surface area contributed by atoms with Crippen molar-refractivity contribution in [2.75, 3.05) is 0 Å². The van der Waals surface area contributed by atoms with Gasteiger partial charge in [-0.25, -0.2) is 4.98 Å². The monoisotopic (exact) mass is 183 g/mol. The number of hydrogen-bond acceptors (Lipinski definition) is 4. The van der Waals surface area contributed by atoms with Gasteiger partial charge in [-0.1, -0.05) is 0 Å². The number of aromatic nitrogens is 2. The minimum atomic E-state index is 0.434. The predicted molar refractivity (Wildman–Crippen MR) is 46.4 cm³/mol. The van der Waals surface area contributed by atoms with E-state index in [1.165, 1.54) is 0 Å². The molecular weight excluding hydrogens is 174 g/mol. The Morgan fingerprint density at radius 3 is 3.33 bits per heavy atom. The Kier molecular flexibility index (Phi) is 1.84. The summed E-state index contributed by atoms with van der Waals surface area (Å²) in [5.74, 6) is 0. The van der Waals surface area contributed by atoms with Gasteiger partial charge in [-0.3, -0.25) is 4.40 Å². The van der Waals surface area contributed by atoms with Crippen molar-refractivity contribution in [1.82, 2.24) is 14.9 Å². The molecule has 0 aliphatic heterocycles. The lowest BCUT2D eigenvalue weighted by Crippen LogP contribution is -2.09. The number of nitrogens with one attached hydrogen (secondary N) is 1. The van der Waals surface area contributed by atoms with Gasteiger partial charge >= 0.3 is 0 Å². The molecule has 2 N–H and O–H groups in total. The second-order valence-corrected chi connectivity index (χ2v) is 3.41. The Balaban J connectivity index is 2.59. The minimum absolute atomic E-state index is 0.434. The van der Waals surface area contributed by atoms with Crippen LogP contribution in [0.2, 0.25) is 0 Å². The normalized spacial score (nSPS) is 11.2. The third kappa shape index (κ3) is 1.03. The zero-order chi connectivity index (χ0) is 8.55. The van der Waals surface area contributed by atoms with Crippen molar-refractivity contribution in [3.63, 3.8) is 0 Å². The lowest BCUT2D eigenvalue weighted by molar-refractivity contribution is 0.159. The van der Waals surface area contributed by atoms with E-state index in [0.717, 1.165) is 16.3 Å². The number of imidazole rings is 1. The van der Waals surface area contributed by atoms with E-state index in [2.05, 4.69) is 10.5 Å². The van der Waals surface area contributed by atoms with Crippen molar-refractivity contribution < 1.29 is 5.21 Å². The van der Waals surface area contributed by atoms with Gasteiger partial charge in [0.1, 0.15) is 0 Å². The first-order valence-corrected chi connectivity index (χ1v) is 4.49. The molecule has 2 aromatic rings. The molecule has 0 fully saturated rings. The van der Waals surface area contributed by atoms with Gasteiger partial charge in [0, 0.05) is 11.6 Å². The maximum atomic E-state index is 8.57. The summed E-state index contributed by atoms with van der Waals surface area (Å²) in [5, 5.41) is 10.5. The van der Waals surface area contributed by atoms with Gasteiger partial charge in [0.2, 0.25) is 0 Å². The van der Waals surface area contributed by atoms with E-state index in [0.29, 0.717) is 6.54 Å². The molecule has 64 valence electrons. The quantitative estimate of drug-likeness (QED) is 0.687. The van der Waals surface area contributed by atoms with Crippen molar-refractivity contribution in [3.8, 4) is 0 Å². The number of thiazole rings is 1. The summed E-state index contributed by atoms with van der Waals surface area (Å²) in [4.78, 5) is 5.29. The van der Waals surface area contributed by atoms with Gasteiger partial charge in [0.15, 0.2) is 4.96 Å². The van der Waals surface area contributed by atoms with Crippen LogP contribution in [-0.2, 0) is 6.54 Å². The van der Waals surface area contributed by atoms with E-state index < -0.39 is 0 Å². The molecule has 4 nitrogen and oxygen atoms in total. The zero-order valence-electron chi connectivity index (χ0n) is 6.61. The first-order valence-electron chi connectivity index (χ1n) is 3.61. The highest BCUT2D eigenvalue weighted by Gasteiger charge is 2.07. The topological polar surface area (TPSA) is 49.6 Å². The molecule has 0 radical (unpaired) electrons. The SMILES string of the molecule is Cc1nc2sccn2c1CNO. The van der Waals surface area contributed by atoms with Gasteiger partial charge in [-0.2, -0.15) is 5.48 Å². The van der Waals surface area contributed by atoms with Crippen molar-refractivity contribution in [2.24, 2.45) is 0 Å². The van der Waals surface area contributed by atoms with Gasteiger partial charge in [0.05, 0.1) is 17.9 Å². The molecule has 2 heterocycles. The zero-order valence-corrected chi connectivity index (χ0v) is 7.43. The van der Waals surface area contributed by atoms with Crippen LogP contribution in [0, 0.1) is 6.92 Å². The molecule has 0 aliphatic rings. The summed E-state index contributed by atoms with van der Waals surface area (Å²) in [6.45, 7) is 2.37. The molecule has 2 aromatic heterocycles. The van der Waals surface area contributed by atoms with Crippen molar-refractivity contribution in [1.29, 1.82) is 0 Å². The number of aryl methyl sites for hydroxylation is 1. The van der Waals surface area contributed by atoms with Gasteiger partial charge in [-0.05, 0) is 6.92 Å². The Bertz CT molecular complexity index is 392. The number of hydroxylamine groups is 1. The smallest absolute Gasteiger partial charge is 0.194 e. The molecule has 0 saturated heterocycles. The Labute approximate surface area is 73.4 Å². The molecule has 0 saturated carbocycles. The van der Waals surface area contributed by atoms with E-state index >= 15 is 0 Å². The van der Waals surface area contributed by atoms with Crippen LogP contribution in [0.3, 0.4) is 0 Å². The minimum Gasteiger partial charge on any atom is -0.316 e. The number of fused-ring (bicyclic) bond motifs is 1. The van der Waals surface area contributed by atoms with Crippen LogP contribution in [0.25, 0.3) is 4.96 Å². The van der Waals surface area contributed by atoms with E-state index in [-0.39, 0.29) is 0 Å². The van der Waals surface area contributed by atoms with Gasteiger partial charge in [0.25, 0.3) is 0 Å². The Morgan fingerprint density at radius 2 is 2.58 bits per heavy atom. The summed E-state index contributed by atoms with van der Waals surface area (Å²) in [7, 11) is 0. The highest BCUT2D eigenvalue weighted by atomic mass is 32.1. The van der Waals surface area contributed by atoms with Crippen LogP contribution in [0.4, 0.5) is 0 Å². The summed E-state index contributed by atoms with van der Waals surface area (Å²) in [6.07, 6.45) is 1.95. The van der Waals surface area contributed by atoms with Crippen LogP contribution in [0.5, 0.6) is 0 Å². The van der Waals surface area contributed by atoms with Crippen LogP contribution in [-0.4, -0.2) is 14.6 Å². The fourth-order valence-corrected chi connectivity index (χ4v) is 2.01. The molecule has 0 spiro atoms. The molecule has 5 heteroatoms. The lowest BCUT2D eigenvalue weighted by Gasteiger charge is -1.97. The average Bonchev–Trinajstić information content (AvgIpc) is 2.56. The van der Waals surface area contributed by atoms with Crippen LogP contribution in [0.15, 0.2) is 11.6 Å². The summed E-state index contributed by atoms with van der Waals surface area (Å²) in [6, 6.07) is 0. The van der Waals surface area contributed by atoms with Crippen LogP contribution >= 0.6 is 11.3 Å². The lowest BCUT2D eigenvalue weighted by atomic mass is 10.3. The molecular formula is C7H9N3OS. The van der Waals surface area contributed by atoms with E-state index in [1.807, 2.05) is 22.9 Å². The molecule has 0 atom stereocenters. The van der Waals surface area contributed by atoms with Crippen molar-refractivity contribution >= 4 is 16.3 Å². The summed E-state index contributed by atoms with van der Waals surface area (Å²) >= 11 is 1.59. The third-order valence-electron chi connectivity index (χ3n) is 1.81. The Hall–Kier alpha value is -0.910. The first kappa shape index (κ1) is 7.72. The van der Waals surface area contributed by atoms with Crippen LogP contribution in [0.1, 0.15) is 11.4 Å². The first-order chi connectivity index (χ1) is 5.83.